The molecule has 3 rings (SSSR count). The number of anilines is 2. The second kappa shape index (κ2) is 6.80. The van der Waals surface area contributed by atoms with Crippen LogP contribution >= 0.6 is 0 Å². The van der Waals surface area contributed by atoms with Gasteiger partial charge in [0.1, 0.15) is 11.9 Å². The largest absolute Gasteiger partial charge is 0.493 e. The Labute approximate surface area is 144 Å². The molecular formula is C18H17FN2O4. The zero-order valence-corrected chi connectivity index (χ0v) is 13.8. The van der Waals surface area contributed by atoms with E-state index in [1.54, 1.807) is 18.2 Å². The van der Waals surface area contributed by atoms with Gasteiger partial charge in [-0.3, -0.25) is 9.59 Å². The number of halogens is 1. The predicted molar refractivity (Wildman–Crippen MR) is 90.5 cm³/mol. The van der Waals surface area contributed by atoms with Crippen molar-refractivity contribution < 1.29 is 23.5 Å². The van der Waals surface area contributed by atoms with Gasteiger partial charge in [0.25, 0.3) is 5.91 Å². The summed E-state index contributed by atoms with van der Waals surface area (Å²) in [6.07, 6.45) is 0.0184. The Morgan fingerprint density at radius 2 is 1.72 bits per heavy atom. The Hall–Kier alpha value is -3.09. The molecule has 7 heteroatoms. The maximum atomic E-state index is 13.0. The number of amides is 2. The first-order valence-corrected chi connectivity index (χ1v) is 7.64. The van der Waals surface area contributed by atoms with Crippen LogP contribution in [-0.2, 0) is 9.59 Å². The van der Waals surface area contributed by atoms with Crippen molar-refractivity contribution in [3.8, 4) is 11.5 Å². The molecule has 6 nitrogen and oxygen atoms in total. The molecule has 1 fully saturated rings. The lowest BCUT2D eigenvalue weighted by atomic mass is 10.2. The van der Waals surface area contributed by atoms with E-state index in [9.17, 15) is 14.0 Å². The zero-order valence-electron chi connectivity index (χ0n) is 13.8. The minimum Gasteiger partial charge on any atom is -0.493 e. The highest BCUT2D eigenvalue weighted by atomic mass is 19.1. The Bertz CT molecular complexity index is 807. The number of hydrogen-bond donors (Lipinski definition) is 1. The Morgan fingerprint density at radius 3 is 2.36 bits per heavy atom. The van der Waals surface area contributed by atoms with Crippen LogP contribution < -0.4 is 19.7 Å². The molecule has 2 amide bonds. The lowest BCUT2D eigenvalue weighted by Gasteiger charge is -2.17. The maximum Gasteiger partial charge on any atom is 0.256 e. The zero-order chi connectivity index (χ0) is 18.0. The Balaban J connectivity index is 1.79. The van der Waals surface area contributed by atoms with Gasteiger partial charge in [-0.05, 0) is 36.4 Å². The first-order chi connectivity index (χ1) is 12.0. The third-order valence-electron chi connectivity index (χ3n) is 3.96. The quantitative estimate of drug-likeness (QED) is 0.845. The second-order valence-corrected chi connectivity index (χ2v) is 5.51. The van der Waals surface area contributed by atoms with E-state index in [1.165, 1.54) is 38.5 Å². The fraction of sp³-hybridized carbons (Fsp3) is 0.222. The molecule has 0 radical (unpaired) electrons. The van der Waals surface area contributed by atoms with Gasteiger partial charge in [0.2, 0.25) is 5.91 Å². The van der Waals surface area contributed by atoms with Gasteiger partial charge in [-0.15, -0.1) is 0 Å². The molecule has 2 aromatic rings. The third kappa shape index (κ3) is 3.26. The summed E-state index contributed by atoms with van der Waals surface area (Å²) in [7, 11) is 3.05. The van der Waals surface area contributed by atoms with Crippen LogP contribution in [-0.4, -0.2) is 32.1 Å². The molecule has 1 N–H and O–H groups in total. The van der Waals surface area contributed by atoms with Crippen molar-refractivity contribution in [2.24, 2.45) is 0 Å². The number of hydrogen-bond acceptors (Lipinski definition) is 5. The van der Waals surface area contributed by atoms with E-state index in [0.717, 1.165) is 4.90 Å². The summed E-state index contributed by atoms with van der Waals surface area (Å²) in [6, 6.07) is 9.68. The lowest BCUT2D eigenvalue weighted by Crippen LogP contribution is -2.34. The van der Waals surface area contributed by atoms with Crippen LogP contribution in [0.3, 0.4) is 0 Å². The smallest absolute Gasteiger partial charge is 0.256 e. The molecule has 1 aliphatic heterocycles. The van der Waals surface area contributed by atoms with Gasteiger partial charge in [-0.25, -0.2) is 9.29 Å². The molecule has 0 saturated carbocycles. The highest BCUT2D eigenvalue weighted by Gasteiger charge is 2.39. The molecule has 0 unspecified atom stereocenters. The molecule has 0 aromatic heterocycles. The van der Waals surface area contributed by atoms with E-state index >= 15 is 0 Å². The summed E-state index contributed by atoms with van der Waals surface area (Å²) in [5.74, 6) is -0.0710. The summed E-state index contributed by atoms with van der Waals surface area (Å²) in [5.41, 5.74) is 0.984. The molecule has 1 aliphatic rings. The molecule has 0 bridgehead atoms. The average Bonchev–Trinajstić information content (AvgIpc) is 2.89. The van der Waals surface area contributed by atoms with Crippen LogP contribution in [0, 0.1) is 5.82 Å². The predicted octanol–water partition coefficient (Wildman–Crippen LogP) is 2.59. The van der Waals surface area contributed by atoms with Crippen LogP contribution in [0.2, 0.25) is 0 Å². The number of methoxy groups -OCH3 is 2. The van der Waals surface area contributed by atoms with Crippen LogP contribution in [0.1, 0.15) is 6.42 Å². The topological polar surface area (TPSA) is 67.9 Å². The summed E-state index contributed by atoms with van der Waals surface area (Å²) < 4.78 is 23.4. The fourth-order valence-corrected chi connectivity index (χ4v) is 2.73. The van der Waals surface area contributed by atoms with Gasteiger partial charge < -0.3 is 14.8 Å². The molecule has 2 aromatic carbocycles. The highest BCUT2D eigenvalue weighted by molar-refractivity contribution is 6.23. The van der Waals surface area contributed by atoms with E-state index in [2.05, 4.69) is 5.32 Å². The number of benzene rings is 2. The van der Waals surface area contributed by atoms with Crippen molar-refractivity contribution in [1.29, 1.82) is 0 Å². The van der Waals surface area contributed by atoms with Crippen molar-refractivity contribution in [3.05, 3.63) is 48.3 Å². The summed E-state index contributed by atoms with van der Waals surface area (Å²) >= 11 is 0. The van der Waals surface area contributed by atoms with Crippen LogP contribution in [0.5, 0.6) is 11.5 Å². The lowest BCUT2D eigenvalue weighted by molar-refractivity contribution is -0.121. The van der Waals surface area contributed by atoms with Gasteiger partial charge in [0.15, 0.2) is 11.5 Å². The first kappa shape index (κ1) is 16.8. The number of carbonyl (C=O) groups excluding carboxylic acids is 2. The fourth-order valence-electron chi connectivity index (χ4n) is 2.73. The molecular weight excluding hydrogens is 327 g/mol. The van der Waals surface area contributed by atoms with Gasteiger partial charge in [-0.1, -0.05) is 0 Å². The number of nitrogens with zero attached hydrogens (tertiary/aromatic N) is 1. The second-order valence-electron chi connectivity index (χ2n) is 5.51. The minimum absolute atomic E-state index is 0.0184. The van der Waals surface area contributed by atoms with E-state index in [-0.39, 0.29) is 18.2 Å². The van der Waals surface area contributed by atoms with E-state index in [4.69, 9.17) is 9.47 Å². The van der Waals surface area contributed by atoms with Crippen LogP contribution in [0.25, 0.3) is 0 Å². The van der Waals surface area contributed by atoms with E-state index in [0.29, 0.717) is 22.9 Å². The third-order valence-corrected chi connectivity index (χ3v) is 3.96. The Morgan fingerprint density at radius 1 is 1.04 bits per heavy atom. The number of rotatable bonds is 5. The molecule has 130 valence electrons. The van der Waals surface area contributed by atoms with Gasteiger partial charge >= 0.3 is 0 Å². The molecule has 0 spiro atoms. The molecule has 0 aliphatic carbocycles. The van der Waals surface area contributed by atoms with E-state index < -0.39 is 11.9 Å². The molecule has 1 heterocycles. The average molecular weight is 344 g/mol. The van der Waals surface area contributed by atoms with Crippen LogP contribution in [0.15, 0.2) is 42.5 Å². The first-order valence-electron chi connectivity index (χ1n) is 7.64. The van der Waals surface area contributed by atoms with Crippen LogP contribution in [0.4, 0.5) is 15.8 Å². The van der Waals surface area contributed by atoms with Gasteiger partial charge in [-0.2, -0.15) is 0 Å². The van der Waals surface area contributed by atoms with E-state index in [1.807, 2.05) is 0 Å². The highest BCUT2D eigenvalue weighted by Crippen LogP contribution is 2.31. The summed E-state index contributed by atoms with van der Waals surface area (Å²) in [6.45, 7) is 0. The maximum absolute atomic E-state index is 13.0. The standard InChI is InChI=1S/C18H17FN2O4/c1-24-15-8-5-12(9-16(15)25-2)20-14-10-17(22)21(18(14)23)13-6-3-11(19)4-7-13/h3-9,14,20H,10H2,1-2H3/t14-/m0/s1. The number of imide groups is 1. The van der Waals surface area contributed by atoms with Crippen molar-refractivity contribution >= 4 is 23.2 Å². The van der Waals surface area contributed by atoms with Crippen molar-refractivity contribution in [1.82, 2.24) is 0 Å². The number of ether oxygens (including phenoxy) is 2. The van der Waals surface area contributed by atoms with Gasteiger partial charge in [0, 0.05) is 11.8 Å². The molecule has 1 saturated heterocycles. The minimum atomic E-state index is -0.698. The van der Waals surface area contributed by atoms with Crippen molar-refractivity contribution in [2.45, 2.75) is 12.5 Å². The van der Waals surface area contributed by atoms with Gasteiger partial charge in [0.05, 0.1) is 26.3 Å². The number of carbonyl (C=O) groups is 2. The number of nitrogens with one attached hydrogen (secondary N) is 1. The van der Waals surface area contributed by atoms with Crippen molar-refractivity contribution in [2.75, 3.05) is 24.4 Å². The normalized spacial score (nSPS) is 16.9. The summed E-state index contributed by atoms with van der Waals surface area (Å²) in [5, 5.41) is 3.04. The monoisotopic (exact) mass is 344 g/mol. The SMILES string of the molecule is COc1ccc(N[C@H]2CC(=O)N(c3ccc(F)cc3)C2=O)cc1OC. The van der Waals surface area contributed by atoms with Crippen molar-refractivity contribution in [3.63, 3.8) is 0 Å². The Kier molecular flexibility index (Phi) is 4.56. The summed E-state index contributed by atoms with van der Waals surface area (Å²) in [4.78, 5) is 25.9. The molecule has 1 atom stereocenters. The molecule has 25 heavy (non-hydrogen) atoms.